The molecule has 3 rings (SSSR count). The van der Waals surface area contributed by atoms with Crippen LogP contribution in [0.15, 0.2) is 36.4 Å². The van der Waals surface area contributed by atoms with Crippen molar-refractivity contribution in [1.82, 2.24) is 4.90 Å². The molecule has 0 aliphatic carbocycles. The predicted octanol–water partition coefficient (Wildman–Crippen LogP) is 6.84. The number of benzene rings is 2. The number of carbonyl (C=O) groups excluding carboxylic acids is 2. The number of carbonyl (C=O) groups is 2. The summed E-state index contributed by atoms with van der Waals surface area (Å²) in [6.45, 7) is 8.02. The van der Waals surface area contributed by atoms with Crippen LogP contribution in [0.4, 0.5) is 10.5 Å². The Hall–Kier alpha value is -2.44. The lowest BCUT2D eigenvalue weighted by Crippen LogP contribution is -2.36. The number of anilines is 1. The van der Waals surface area contributed by atoms with Gasteiger partial charge in [-0.15, -0.1) is 0 Å². The number of hydrogen-bond donors (Lipinski definition) is 0. The Morgan fingerprint density at radius 2 is 1.84 bits per heavy atom. The standard InChI is InChI=1S/C24H28Cl2N2O4/c1-15(27(5)23(30)32-24(2,3)4)18-13-16(28-12-6-7-22(28)29)8-11-21(18)31-17-9-10-19(25)20(26)14-17/h8-11,13-15H,6-7,12H2,1-5H3. The lowest BCUT2D eigenvalue weighted by molar-refractivity contribution is -0.117. The molecule has 1 heterocycles. The molecule has 8 heteroatoms. The van der Waals surface area contributed by atoms with Gasteiger partial charge in [0.2, 0.25) is 5.91 Å². The van der Waals surface area contributed by atoms with Crippen LogP contribution >= 0.6 is 23.2 Å². The normalized spacial score (nSPS) is 15.0. The zero-order valence-corrected chi connectivity index (χ0v) is 20.5. The first-order valence-electron chi connectivity index (χ1n) is 10.5. The minimum atomic E-state index is -0.617. The van der Waals surface area contributed by atoms with Gasteiger partial charge < -0.3 is 19.3 Å². The van der Waals surface area contributed by atoms with Crippen LogP contribution < -0.4 is 9.64 Å². The van der Waals surface area contributed by atoms with Crippen LogP contribution in [0.2, 0.25) is 10.0 Å². The molecule has 2 aromatic carbocycles. The largest absolute Gasteiger partial charge is 0.457 e. The Labute approximate surface area is 199 Å². The summed E-state index contributed by atoms with van der Waals surface area (Å²) in [5.74, 6) is 1.14. The third-order valence-corrected chi connectivity index (χ3v) is 5.95. The maximum atomic E-state index is 12.7. The van der Waals surface area contributed by atoms with Crippen LogP contribution in [0.3, 0.4) is 0 Å². The molecule has 2 aromatic rings. The Bertz CT molecular complexity index is 1020. The van der Waals surface area contributed by atoms with Crippen molar-refractivity contribution in [1.29, 1.82) is 0 Å². The molecule has 0 saturated carbocycles. The maximum absolute atomic E-state index is 12.7. The van der Waals surface area contributed by atoms with E-state index in [1.54, 1.807) is 36.2 Å². The molecule has 1 atom stereocenters. The van der Waals surface area contributed by atoms with Crippen molar-refractivity contribution >= 4 is 40.9 Å². The van der Waals surface area contributed by atoms with Crippen LogP contribution in [0.1, 0.15) is 52.1 Å². The van der Waals surface area contributed by atoms with Gasteiger partial charge in [-0.05, 0) is 64.4 Å². The van der Waals surface area contributed by atoms with Gasteiger partial charge in [0, 0.05) is 37.3 Å². The SMILES string of the molecule is CC(c1cc(N2CCCC2=O)ccc1Oc1ccc(Cl)c(Cl)c1)N(C)C(=O)OC(C)(C)C. The average molecular weight is 479 g/mol. The van der Waals surface area contributed by atoms with Crippen molar-refractivity contribution in [3.63, 3.8) is 0 Å². The van der Waals surface area contributed by atoms with Crippen molar-refractivity contribution < 1.29 is 19.1 Å². The fraction of sp³-hybridized carbons (Fsp3) is 0.417. The first-order valence-corrected chi connectivity index (χ1v) is 11.2. The molecule has 0 aromatic heterocycles. The third-order valence-electron chi connectivity index (χ3n) is 5.21. The van der Waals surface area contributed by atoms with Gasteiger partial charge in [-0.2, -0.15) is 0 Å². The highest BCUT2D eigenvalue weighted by Gasteiger charge is 2.28. The van der Waals surface area contributed by atoms with Crippen LogP contribution in [-0.4, -0.2) is 36.1 Å². The molecule has 0 bridgehead atoms. The number of hydrogen-bond acceptors (Lipinski definition) is 4. The highest BCUT2D eigenvalue weighted by Crippen LogP contribution is 2.38. The van der Waals surface area contributed by atoms with Gasteiger partial charge >= 0.3 is 6.09 Å². The lowest BCUT2D eigenvalue weighted by atomic mass is 10.0. The van der Waals surface area contributed by atoms with E-state index in [1.165, 1.54) is 4.90 Å². The molecule has 1 aliphatic heterocycles. The lowest BCUT2D eigenvalue weighted by Gasteiger charge is -2.30. The molecule has 1 unspecified atom stereocenters. The number of nitrogens with zero attached hydrogens (tertiary/aromatic N) is 2. The molecule has 6 nitrogen and oxygen atoms in total. The molecular formula is C24H28Cl2N2O4. The first-order chi connectivity index (χ1) is 15.0. The maximum Gasteiger partial charge on any atom is 0.410 e. The van der Waals surface area contributed by atoms with E-state index in [0.717, 1.165) is 17.7 Å². The summed E-state index contributed by atoms with van der Waals surface area (Å²) in [6.07, 6.45) is 0.904. The Balaban J connectivity index is 1.97. The van der Waals surface area contributed by atoms with Crippen LogP contribution in [0, 0.1) is 0 Å². The van der Waals surface area contributed by atoms with Crippen molar-refractivity contribution in [3.05, 3.63) is 52.0 Å². The smallest absolute Gasteiger partial charge is 0.410 e. The molecule has 0 radical (unpaired) electrons. The van der Waals surface area contributed by atoms with E-state index in [0.29, 0.717) is 34.5 Å². The topological polar surface area (TPSA) is 59.1 Å². The van der Waals surface area contributed by atoms with Gasteiger partial charge in [-0.25, -0.2) is 4.79 Å². The number of ether oxygens (including phenoxy) is 2. The first kappa shape index (κ1) is 24.2. The molecule has 172 valence electrons. The fourth-order valence-corrected chi connectivity index (χ4v) is 3.70. The van der Waals surface area contributed by atoms with Crippen LogP contribution in [-0.2, 0) is 9.53 Å². The molecular weight excluding hydrogens is 451 g/mol. The second-order valence-electron chi connectivity index (χ2n) is 8.82. The zero-order chi connectivity index (χ0) is 23.6. The summed E-state index contributed by atoms with van der Waals surface area (Å²) in [6, 6.07) is 10.2. The third kappa shape index (κ3) is 5.67. The highest BCUT2D eigenvalue weighted by molar-refractivity contribution is 6.42. The average Bonchev–Trinajstić information content (AvgIpc) is 3.14. The summed E-state index contributed by atoms with van der Waals surface area (Å²) in [5, 5.41) is 0.809. The molecule has 2 amide bonds. The molecule has 1 aliphatic rings. The van der Waals surface area contributed by atoms with E-state index < -0.39 is 11.7 Å². The Morgan fingerprint density at radius 1 is 1.12 bits per heavy atom. The predicted molar refractivity (Wildman–Crippen MR) is 127 cm³/mol. The Morgan fingerprint density at radius 3 is 2.44 bits per heavy atom. The summed E-state index contributed by atoms with van der Waals surface area (Å²) in [7, 11) is 1.68. The highest BCUT2D eigenvalue weighted by atomic mass is 35.5. The summed E-state index contributed by atoms with van der Waals surface area (Å²) in [5.41, 5.74) is 0.893. The van der Waals surface area contributed by atoms with Gasteiger partial charge in [-0.3, -0.25) is 4.79 Å². The minimum Gasteiger partial charge on any atom is -0.457 e. The van der Waals surface area contributed by atoms with Crippen LogP contribution in [0.25, 0.3) is 0 Å². The van der Waals surface area contributed by atoms with Gasteiger partial charge in [0.05, 0.1) is 16.1 Å². The molecule has 32 heavy (non-hydrogen) atoms. The Kier molecular flexibility index (Phi) is 7.25. The van der Waals surface area contributed by atoms with Crippen molar-refractivity contribution in [3.8, 4) is 11.5 Å². The fourth-order valence-electron chi connectivity index (χ4n) is 3.41. The molecule has 0 N–H and O–H groups in total. The summed E-state index contributed by atoms with van der Waals surface area (Å²) in [4.78, 5) is 28.2. The molecule has 1 saturated heterocycles. The van der Waals surface area contributed by atoms with Crippen molar-refractivity contribution in [2.24, 2.45) is 0 Å². The van der Waals surface area contributed by atoms with Gasteiger partial charge in [-0.1, -0.05) is 23.2 Å². The monoisotopic (exact) mass is 478 g/mol. The van der Waals surface area contributed by atoms with E-state index in [4.69, 9.17) is 32.7 Å². The zero-order valence-electron chi connectivity index (χ0n) is 18.9. The van der Waals surface area contributed by atoms with Crippen LogP contribution in [0.5, 0.6) is 11.5 Å². The minimum absolute atomic E-state index is 0.0854. The number of halogens is 2. The van der Waals surface area contributed by atoms with Crippen molar-refractivity contribution in [2.75, 3.05) is 18.5 Å². The summed E-state index contributed by atoms with van der Waals surface area (Å²) < 4.78 is 11.6. The van der Waals surface area contributed by atoms with E-state index in [9.17, 15) is 9.59 Å². The van der Waals surface area contributed by atoms with Gasteiger partial charge in [0.25, 0.3) is 0 Å². The quantitative estimate of drug-likeness (QED) is 0.471. The van der Waals surface area contributed by atoms with Gasteiger partial charge in [0.1, 0.15) is 17.1 Å². The summed E-state index contributed by atoms with van der Waals surface area (Å²) >= 11 is 12.2. The molecule has 1 fully saturated rings. The number of rotatable bonds is 5. The van der Waals surface area contributed by atoms with E-state index >= 15 is 0 Å². The number of amides is 2. The van der Waals surface area contributed by atoms with Crippen molar-refractivity contribution in [2.45, 2.75) is 52.2 Å². The van der Waals surface area contributed by atoms with E-state index in [2.05, 4.69) is 0 Å². The van der Waals surface area contributed by atoms with E-state index in [-0.39, 0.29) is 11.9 Å². The van der Waals surface area contributed by atoms with Gasteiger partial charge in [0.15, 0.2) is 0 Å². The molecule has 0 spiro atoms. The second kappa shape index (κ2) is 9.59. The second-order valence-corrected chi connectivity index (χ2v) is 9.63. The van der Waals surface area contributed by atoms with E-state index in [1.807, 2.05) is 39.8 Å².